The molecular weight excluding hydrogens is 712 g/mol. The van der Waals surface area contributed by atoms with E-state index in [-0.39, 0.29) is 28.6 Å². The van der Waals surface area contributed by atoms with Crippen molar-refractivity contribution < 1.29 is 64.9 Å². The number of aliphatic hydroxyl groups is 9. The largest absolute Gasteiger partial charge is 0.394 e. The Kier molecular flexibility index (Phi) is 12.5. The standard InChI is InChI=1S/C42H72O13/c1-21(2)10-9-15-41(7,51)27-13-17-40(6)22-11-12-26-38(3,4)29(14-16-39(26,5)23(22)18-28(45)42(27,40)8)54-37-35(33(49)31(47)25(20-44)53-37)55-36-34(50)32(48)30(46)24(19-43)52-36/h10,22-37,43-51H,9,11-20H2,1-8H3/t22-,23-,24-,25-,26-,27-,28+,29-,30-,31-,32+,33+,34-,35-,36+,37+,39-,40-,41+,42+/m1/s1. The van der Waals surface area contributed by atoms with Gasteiger partial charge in [-0.05, 0) is 118 Å². The van der Waals surface area contributed by atoms with Crippen LogP contribution in [0.15, 0.2) is 11.6 Å². The van der Waals surface area contributed by atoms with Gasteiger partial charge in [-0.25, -0.2) is 0 Å². The van der Waals surface area contributed by atoms with Crippen molar-refractivity contribution in [2.24, 2.45) is 45.3 Å². The Hall–Kier alpha value is -0.780. The zero-order valence-electron chi connectivity index (χ0n) is 34.3. The number of hydrogen-bond donors (Lipinski definition) is 9. The van der Waals surface area contributed by atoms with Crippen LogP contribution in [-0.2, 0) is 18.9 Å². The monoisotopic (exact) mass is 784 g/mol. The van der Waals surface area contributed by atoms with E-state index in [0.29, 0.717) is 25.2 Å². The highest BCUT2D eigenvalue weighted by atomic mass is 16.8. The summed E-state index contributed by atoms with van der Waals surface area (Å²) in [5.41, 5.74) is -0.772. The van der Waals surface area contributed by atoms with Gasteiger partial charge in [0.25, 0.3) is 0 Å². The zero-order valence-corrected chi connectivity index (χ0v) is 34.3. The number of allylic oxidation sites excluding steroid dienone is 2. The molecule has 0 aromatic rings. The van der Waals surface area contributed by atoms with Gasteiger partial charge in [0.2, 0.25) is 0 Å². The van der Waals surface area contributed by atoms with Crippen LogP contribution in [0.25, 0.3) is 0 Å². The smallest absolute Gasteiger partial charge is 0.187 e. The predicted molar refractivity (Wildman–Crippen MR) is 201 cm³/mol. The highest BCUT2D eigenvalue weighted by molar-refractivity contribution is 5.20. The SMILES string of the molecule is CC(C)=CCC[C@](C)(O)[C@H]1CC[C@]2(C)[C@@H]3CC[C@@H]4C(C)(C)[C@H](O[C@@H]5O[C@H](CO)[C@@H](O)[C@H](O)[C@H]5O[C@@H]5O[C@H](CO)[C@@H](O)[C@H](O)[C@H]5O)CC[C@]4(C)[C@@H]3C[C@H](O)[C@]12C. The Morgan fingerprint density at radius 1 is 0.745 bits per heavy atom. The molecule has 55 heavy (non-hydrogen) atoms. The molecule has 318 valence electrons. The lowest BCUT2D eigenvalue weighted by Crippen LogP contribution is -2.67. The summed E-state index contributed by atoms with van der Waals surface area (Å²) in [5.74, 6) is 0.830. The molecule has 0 bridgehead atoms. The maximum atomic E-state index is 12.3. The number of aliphatic hydroxyl groups excluding tert-OH is 8. The average Bonchev–Trinajstić information content (AvgIpc) is 3.42. The molecule has 13 nitrogen and oxygen atoms in total. The van der Waals surface area contributed by atoms with E-state index < -0.39 is 103 Å². The van der Waals surface area contributed by atoms with Crippen LogP contribution in [0.4, 0.5) is 0 Å². The van der Waals surface area contributed by atoms with Crippen molar-refractivity contribution in [3.8, 4) is 0 Å². The van der Waals surface area contributed by atoms with Gasteiger partial charge >= 0.3 is 0 Å². The molecule has 20 atom stereocenters. The summed E-state index contributed by atoms with van der Waals surface area (Å²) in [6.07, 6.45) is -6.47. The first-order chi connectivity index (χ1) is 25.6. The van der Waals surface area contributed by atoms with Gasteiger partial charge in [0.05, 0.1) is 31.0 Å². The topological polar surface area (TPSA) is 219 Å². The van der Waals surface area contributed by atoms with Crippen molar-refractivity contribution in [3.63, 3.8) is 0 Å². The molecule has 2 aliphatic heterocycles. The Bertz CT molecular complexity index is 1370. The van der Waals surface area contributed by atoms with Crippen molar-refractivity contribution in [3.05, 3.63) is 11.6 Å². The first-order valence-electron chi connectivity index (χ1n) is 20.9. The van der Waals surface area contributed by atoms with Gasteiger partial charge in [-0.3, -0.25) is 0 Å². The zero-order chi connectivity index (χ0) is 40.6. The van der Waals surface area contributed by atoms with Crippen LogP contribution in [-0.4, -0.2) is 138 Å². The van der Waals surface area contributed by atoms with E-state index in [1.807, 2.05) is 6.92 Å². The van der Waals surface area contributed by atoms with Gasteiger partial charge < -0.3 is 64.9 Å². The van der Waals surface area contributed by atoms with Gasteiger partial charge in [-0.15, -0.1) is 0 Å². The third-order valence-electron chi connectivity index (χ3n) is 16.7. The maximum Gasteiger partial charge on any atom is 0.187 e. The van der Waals surface area contributed by atoms with E-state index >= 15 is 0 Å². The second-order valence-electron chi connectivity index (χ2n) is 20.1. The Balaban J connectivity index is 1.22. The fourth-order valence-electron chi connectivity index (χ4n) is 13.3. The summed E-state index contributed by atoms with van der Waals surface area (Å²) >= 11 is 0. The number of fused-ring (bicyclic) bond motifs is 5. The van der Waals surface area contributed by atoms with Crippen LogP contribution < -0.4 is 0 Å². The van der Waals surface area contributed by atoms with E-state index in [0.717, 1.165) is 38.5 Å². The highest BCUT2D eigenvalue weighted by Gasteiger charge is 2.72. The average molecular weight is 785 g/mol. The number of rotatable bonds is 10. The van der Waals surface area contributed by atoms with Gasteiger partial charge in [0, 0.05) is 5.41 Å². The molecule has 0 aromatic heterocycles. The Morgan fingerprint density at radius 3 is 1.98 bits per heavy atom. The molecule has 13 heteroatoms. The van der Waals surface area contributed by atoms with Gasteiger partial charge in [-0.1, -0.05) is 46.3 Å². The molecule has 0 radical (unpaired) electrons. The maximum absolute atomic E-state index is 12.3. The lowest BCUT2D eigenvalue weighted by molar-refractivity contribution is -0.378. The second-order valence-corrected chi connectivity index (χ2v) is 20.1. The number of ether oxygens (including phenoxy) is 4. The van der Waals surface area contributed by atoms with E-state index in [2.05, 4.69) is 54.5 Å². The van der Waals surface area contributed by atoms with Crippen LogP contribution in [0.2, 0.25) is 0 Å². The van der Waals surface area contributed by atoms with E-state index in [1.54, 1.807) is 0 Å². The minimum absolute atomic E-state index is 0.0112. The molecule has 2 saturated heterocycles. The summed E-state index contributed by atoms with van der Waals surface area (Å²) in [6, 6.07) is 0. The van der Waals surface area contributed by atoms with Crippen molar-refractivity contribution in [1.29, 1.82) is 0 Å². The van der Waals surface area contributed by atoms with Crippen LogP contribution in [0.3, 0.4) is 0 Å². The third kappa shape index (κ3) is 7.10. The van der Waals surface area contributed by atoms with E-state index in [1.165, 1.54) is 5.57 Å². The highest BCUT2D eigenvalue weighted by Crippen LogP contribution is 2.75. The molecule has 0 amide bonds. The van der Waals surface area contributed by atoms with Crippen molar-refractivity contribution >= 4 is 0 Å². The van der Waals surface area contributed by atoms with Gasteiger partial charge in [0.15, 0.2) is 12.6 Å². The van der Waals surface area contributed by atoms with Gasteiger partial charge in [-0.2, -0.15) is 0 Å². The summed E-state index contributed by atoms with van der Waals surface area (Å²) in [4.78, 5) is 0. The number of hydrogen-bond acceptors (Lipinski definition) is 13. The Morgan fingerprint density at radius 2 is 1.36 bits per heavy atom. The molecule has 0 unspecified atom stereocenters. The minimum Gasteiger partial charge on any atom is -0.394 e. The minimum atomic E-state index is -1.75. The fourth-order valence-corrected chi connectivity index (χ4v) is 13.3. The summed E-state index contributed by atoms with van der Waals surface area (Å²) in [7, 11) is 0. The molecule has 4 saturated carbocycles. The predicted octanol–water partition coefficient (Wildman–Crippen LogP) is 2.15. The molecule has 2 heterocycles. The van der Waals surface area contributed by atoms with Crippen LogP contribution in [0.5, 0.6) is 0 Å². The first kappa shape index (κ1) is 43.8. The molecule has 4 aliphatic carbocycles. The molecule has 6 rings (SSSR count). The molecule has 0 aromatic carbocycles. The summed E-state index contributed by atoms with van der Waals surface area (Å²) in [6.45, 7) is 16.3. The van der Waals surface area contributed by atoms with Crippen LogP contribution in [0.1, 0.15) is 113 Å². The lowest BCUT2D eigenvalue weighted by atomic mass is 9.37. The van der Waals surface area contributed by atoms with Crippen molar-refractivity contribution in [1.82, 2.24) is 0 Å². The Labute approximate surface area is 327 Å². The van der Waals surface area contributed by atoms with Crippen molar-refractivity contribution in [2.75, 3.05) is 13.2 Å². The van der Waals surface area contributed by atoms with E-state index in [9.17, 15) is 46.0 Å². The molecule has 6 fully saturated rings. The first-order valence-corrected chi connectivity index (χ1v) is 20.9. The van der Waals surface area contributed by atoms with Gasteiger partial charge in [0.1, 0.15) is 48.8 Å². The quantitative estimate of drug-likeness (QED) is 0.115. The van der Waals surface area contributed by atoms with Crippen molar-refractivity contribution in [2.45, 2.75) is 192 Å². The lowest BCUT2D eigenvalue weighted by Gasteiger charge is -2.69. The molecule has 9 N–H and O–H groups in total. The third-order valence-corrected chi connectivity index (χ3v) is 16.7. The normalized spacial score (nSPS) is 52.0. The van der Waals surface area contributed by atoms with E-state index in [4.69, 9.17) is 18.9 Å². The summed E-state index contributed by atoms with van der Waals surface area (Å²) in [5, 5.41) is 97.6. The molecule has 0 spiro atoms. The summed E-state index contributed by atoms with van der Waals surface area (Å²) < 4.78 is 24.3. The molecular formula is C42H72O13. The van der Waals surface area contributed by atoms with Crippen LogP contribution >= 0.6 is 0 Å². The molecule has 6 aliphatic rings. The fraction of sp³-hybridized carbons (Fsp3) is 0.952. The van der Waals surface area contributed by atoms with Crippen LogP contribution in [0, 0.1) is 45.3 Å². The second kappa shape index (κ2) is 15.7.